The topological polar surface area (TPSA) is 55.6 Å². The van der Waals surface area contributed by atoms with E-state index in [0.717, 1.165) is 19.3 Å². The number of nitro benzene ring substituents is 1. The van der Waals surface area contributed by atoms with E-state index >= 15 is 0 Å². The third-order valence-electron chi connectivity index (χ3n) is 7.26. The van der Waals surface area contributed by atoms with E-state index in [0.29, 0.717) is 11.3 Å². The van der Waals surface area contributed by atoms with Gasteiger partial charge in [-0.1, -0.05) is 88.7 Å². The first-order chi connectivity index (χ1) is 21.3. The number of ether oxygens (including phenoxy) is 1. The van der Waals surface area contributed by atoms with Crippen molar-refractivity contribution in [3.63, 3.8) is 0 Å². The minimum Gasteiger partial charge on any atom is -0.517 e. The molecule has 0 N–H and O–H groups in total. The van der Waals surface area contributed by atoms with Crippen LogP contribution in [0.4, 0.5) is 11.4 Å². The van der Waals surface area contributed by atoms with Crippen LogP contribution in [0.1, 0.15) is 91.0 Å². The maximum Gasteiger partial charge on any atom is 0.0140 e. The van der Waals surface area contributed by atoms with Crippen LogP contribution in [0.25, 0.3) is 0 Å². The SMILES string of the molecule is C=C.CC.CC(C)Oc1ccc([N+](=O)[O-])cc1[CH]=[Ru]([Cl])[Cl].CCc1cccc(CC)c1N1[CH-]C(C)(c2ccccc2)CC1(C)C. The van der Waals surface area contributed by atoms with Gasteiger partial charge in [0.05, 0.1) is 0 Å². The van der Waals surface area contributed by atoms with Crippen LogP contribution >= 0.6 is 19.4 Å². The Bertz CT molecular complexity index is 1370. The Labute approximate surface area is 285 Å². The Hall–Kier alpha value is -2.53. The molecule has 3 aromatic rings. The second-order valence-corrected chi connectivity index (χ2v) is 17.1. The van der Waals surface area contributed by atoms with Crippen LogP contribution in [0.2, 0.25) is 0 Å². The molecule has 1 saturated heterocycles. The maximum atomic E-state index is 10.7. The monoisotopic (exact) mass is 743 g/mol. The zero-order valence-electron chi connectivity index (χ0n) is 28.3. The second kappa shape index (κ2) is 19.2. The molecule has 0 aromatic heterocycles. The van der Waals surface area contributed by atoms with Crippen LogP contribution in [0.3, 0.4) is 0 Å². The molecule has 0 amide bonds. The molecule has 1 unspecified atom stereocenters. The van der Waals surface area contributed by atoms with Gasteiger partial charge in [-0.15, -0.1) is 18.6 Å². The average Bonchev–Trinajstić information content (AvgIpc) is 3.28. The van der Waals surface area contributed by atoms with E-state index in [9.17, 15) is 10.1 Å². The number of non-ortho nitro benzene ring substituents is 1. The summed E-state index contributed by atoms with van der Waals surface area (Å²) in [7, 11) is 11.6. The molecule has 1 aliphatic heterocycles. The number of halogens is 2. The molecular formula is C37H51Cl2N2O3Ru-. The van der Waals surface area contributed by atoms with Crippen LogP contribution in [-0.4, -0.2) is 21.2 Å². The largest absolute Gasteiger partial charge is 0.517 e. The van der Waals surface area contributed by atoms with Gasteiger partial charge in [-0.05, 0) is 44.2 Å². The van der Waals surface area contributed by atoms with Crippen molar-refractivity contribution >= 4 is 35.4 Å². The van der Waals surface area contributed by atoms with Crippen molar-refractivity contribution in [2.75, 3.05) is 4.90 Å². The molecule has 5 nitrogen and oxygen atoms in total. The molecule has 0 spiro atoms. The molecule has 0 aliphatic carbocycles. The van der Waals surface area contributed by atoms with Crippen molar-refractivity contribution in [3.8, 4) is 5.75 Å². The molecule has 3 aromatic carbocycles. The van der Waals surface area contributed by atoms with Gasteiger partial charge in [0.2, 0.25) is 0 Å². The number of para-hydroxylation sites is 1. The summed E-state index contributed by atoms with van der Waals surface area (Å²) < 4.78 is 7.17. The maximum absolute atomic E-state index is 10.7. The van der Waals surface area contributed by atoms with Gasteiger partial charge in [-0.2, -0.15) is 0 Å². The van der Waals surface area contributed by atoms with E-state index in [-0.39, 0.29) is 22.7 Å². The van der Waals surface area contributed by atoms with E-state index in [4.69, 9.17) is 24.1 Å². The fourth-order valence-electron chi connectivity index (χ4n) is 5.55. The predicted molar refractivity (Wildman–Crippen MR) is 193 cm³/mol. The summed E-state index contributed by atoms with van der Waals surface area (Å²) in [5.74, 6) is 0.561. The van der Waals surface area contributed by atoms with Gasteiger partial charge in [0.25, 0.3) is 0 Å². The second-order valence-electron chi connectivity index (χ2n) is 11.4. The Balaban J connectivity index is 0.000000426. The molecular weight excluding hydrogens is 692 g/mol. The molecule has 1 atom stereocenters. The molecule has 1 aliphatic rings. The summed E-state index contributed by atoms with van der Waals surface area (Å²) in [6, 6.07) is 22.1. The number of benzene rings is 3. The van der Waals surface area contributed by atoms with Gasteiger partial charge in [-0.3, -0.25) is 0 Å². The van der Waals surface area contributed by atoms with Crippen LogP contribution in [0.15, 0.2) is 79.9 Å². The standard InChI is InChI=1S/C23H30N.C10H11NO3.C2H6.C2H4.2ClH.Ru/c1-6-18-12-11-13-19(7-2)21(18)24-17-23(5,16-22(24,3)4)20-14-9-8-10-15-20;1-7(2)14-10-5-4-9(11(12)13)6-8(10)3;2*1-2;;;/h8-15,17H,6-7,16H2,1-5H3;3-7H,1-2H3;1-2H3;1-2H2;2*1H;/q-1;;;;;;+2/p-2. The zero-order chi connectivity index (χ0) is 34.4. The third kappa shape index (κ3) is 11.3. The Kier molecular flexibility index (Phi) is 17.3. The number of nitro groups is 1. The molecule has 1 heterocycles. The Morgan fingerprint density at radius 2 is 1.56 bits per heavy atom. The summed E-state index contributed by atoms with van der Waals surface area (Å²) >= 11 is -2.05. The third-order valence-corrected chi connectivity index (χ3v) is 9.09. The van der Waals surface area contributed by atoms with Crippen molar-refractivity contribution in [2.24, 2.45) is 0 Å². The van der Waals surface area contributed by atoms with Crippen molar-refractivity contribution in [1.29, 1.82) is 0 Å². The molecule has 250 valence electrons. The minimum atomic E-state index is -2.05. The normalized spacial score (nSPS) is 16.6. The van der Waals surface area contributed by atoms with E-state index in [1.165, 1.54) is 34.5 Å². The van der Waals surface area contributed by atoms with E-state index in [1.54, 1.807) is 10.7 Å². The summed E-state index contributed by atoms with van der Waals surface area (Å²) in [5, 5.41) is 10.7. The molecule has 45 heavy (non-hydrogen) atoms. The van der Waals surface area contributed by atoms with Gasteiger partial charge in [0.1, 0.15) is 0 Å². The van der Waals surface area contributed by atoms with Crippen LogP contribution in [0.5, 0.6) is 5.75 Å². The van der Waals surface area contributed by atoms with Gasteiger partial charge in [0.15, 0.2) is 0 Å². The van der Waals surface area contributed by atoms with Crippen LogP contribution in [-0.2, 0) is 31.8 Å². The molecule has 0 bridgehead atoms. The quantitative estimate of drug-likeness (QED) is 0.0758. The summed E-state index contributed by atoms with van der Waals surface area (Å²) in [6.07, 6.45) is 3.26. The number of rotatable bonds is 8. The first-order valence-corrected chi connectivity index (χ1v) is 20.9. The fourth-order valence-corrected chi connectivity index (χ4v) is 7.33. The van der Waals surface area contributed by atoms with Gasteiger partial charge in [-0.25, -0.2) is 6.54 Å². The Morgan fingerprint density at radius 3 is 2.02 bits per heavy atom. The Morgan fingerprint density at radius 1 is 1.00 bits per heavy atom. The van der Waals surface area contributed by atoms with E-state index < -0.39 is 18.4 Å². The predicted octanol–water partition coefficient (Wildman–Crippen LogP) is 11.2. The summed E-state index contributed by atoms with van der Waals surface area (Å²) in [6.45, 7) is 27.9. The van der Waals surface area contributed by atoms with Gasteiger partial charge < -0.3 is 4.90 Å². The zero-order valence-corrected chi connectivity index (χ0v) is 31.6. The number of hydrogen-bond donors (Lipinski definition) is 0. The smallest absolute Gasteiger partial charge is 0.0140 e. The molecule has 0 radical (unpaired) electrons. The van der Waals surface area contributed by atoms with Crippen LogP contribution in [0, 0.1) is 16.7 Å². The van der Waals surface area contributed by atoms with E-state index in [1.807, 2.05) is 27.7 Å². The first kappa shape index (κ1) is 40.5. The number of aryl methyl sites for hydroxylation is 2. The molecule has 1 fully saturated rings. The van der Waals surface area contributed by atoms with Gasteiger partial charge in [0, 0.05) is 11.2 Å². The minimum absolute atomic E-state index is 0.00360. The van der Waals surface area contributed by atoms with Crippen molar-refractivity contribution in [3.05, 3.63) is 119 Å². The molecule has 8 heteroatoms. The number of nitrogens with zero attached hydrogens (tertiary/aromatic N) is 2. The average molecular weight is 744 g/mol. The number of anilines is 1. The van der Waals surface area contributed by atoms with Crippen LogP contribution < -0.4 is 9.64 Å². The van der Waals surface area contributed by atoms with E-state index in [2.05, 4.69) is 108 Å². The molecule has 0 saturated carbocycles. The summed E-state index contributed by atoms with van der Waals surface area (Å²) in [5.41, 5.74) is 6.52. The van der Waals surface area contributed by atoms with Crippen molar-refractivity contribution in [2.45, 2.75) is 98.6 Å². The molecule has 4 rings (SSSR count). The van der Waals surface area contributed by atoms with Gasteiger partial charge >= 0.3 is 112 Å². The fraction of sp³-hybridized carbons (Fsp3) is 0.405. The number of hydrogen-bond acceptors (Lipinski definition) is 4. The summed E-state index contributed by atoms with van der Waals surface area (Å²) in [4.78, 5) is 12.8. The van der Waals surface area contributed by atoms with Crippen molar-refractivity contribution < 1.29 is 23.2 Å². The first-order valence-electron chi connectivity index (χ1n) is 15.4. The van der Waals surface area contributed by atoms with Crippen molar-refractivity contribution in [1.82, 2.24) is 0 Å².